The molecule has 0 unspecified atom stereocenters. The van der Waals surface area contributed by atoms with Gasteiger partial charge in [-0.05, 0) is 24.3 Å². The molecule has 0 aliphatic rings. The minimum absolute atomic E-state index is 0.627. The van der Waals surface area contributed by atoms with Gasteiger partial charge in [-0.1, -0.05) is 11.6 Å². The molecule has 2 aromatic heterocycles. The van der Waals surface area contributed by atoms with Gasteiger partial charge in [0.25, 0.3) is 0 Å². The number of aromatic nitrogens is 5. The zero-order valence-corrected chi connectivity index (χ0v) is 10.7. The molecule has 96 valence electrons. The first-order chi connectivity index (χ1) is 9.33. The second-order valence-electron chi connectivity index (χ2n) is 3.94. The van der Waals surface area contributed by atoms with E-state index in [1.54, 1.807) is 17.2 Å². The first-order valence-electron chi connectivity index (χ1n) is 5.69. The third-order valence-electron chi connectivity index (χ3n) is 2.65. The van der Waals surface area contributed by atoms with Crippen molar-refractivity contribution in [2.45, 2.75) is 6.54 Å². The summed E-state index contributed by atoms with van der Waals surface area (Å²) in [5, 5.41) is 14.9. The molecule has 0 aliphatic heterocycles. The van der Waals surface area contributed by atoms with E-state index < -0.39 is 0 Å². The highest BCUT2D eigenvalue weighted by Gasteiger charge is 2.06. The van der Waals surface area contributed by atoms with Crippen molar-refractivity contribution in [3.05, 3.63) is 53.8 Å². The Morgan fingerprint density at radius 3 is 3.00 bits per heavy atom. The Balaban J connectivity index is 1.88. The van der Waals surface area contributed by atoms with Gasteiger partial charge in [0, 0.05) is 11.2 Å². The van der Waals surface area contributed by atoms with Crippen molar-refractivity contribution in [2.75, 3.05) is 5.32 Å². The SMILES string of the molecule is Clc1ccc(-n2cncn2)c(NCc2ccn[nH]2)c1. The van der Waals surface area contributed by atoms with Crippen LogP contribution in [0.25, 0.3) is 5.69 Å². The zero-order chi connectivity index (χ0) is 13.1. The van der Waals surface area contributed by atoms with Gasteiger partial charge in [-0.15, -0.1) is 0 Å². The molecule has 3 rings (SSSR count). The summed E-state index contributed by atoms with van der Waals surface area (Å²) < 4.78 is 1.69. The number of nitrogens with zero attached hydrogens (tertiary/aromatic N) is 4. The van der Waals surface area contributed by atoms with Gasteiger partial charge in [0.05, 0.1) is 23.6 Å². The zero-order valence-electron chi connectivity index (χ0n) is 9.92. The topological polar surface area (TPSA) is 71.4 Å². The van der Waals surface area contributed by atoms with E-state index in [2.05, 4.69) is 25.6 Å². The van der Waals surface area contributed by atoms with Crippen LogP contribution in [-0.4, -0.2) is 25.0 Å². The first-order valence-corrected chi connectivity index (χ1v) is 6.07. The Labute approximate surface area is 114 Å². The molecular weight excluding hydrogens is 264 g/mol. The minimum Gasteiger partial charge on any atom is -0.378 e. The lowest BCUT2D eigenvalue weighted by atomic mass is 10.2. The summed E-state index contributed by atoms with van der Waals surface area (Å²) in [6, 6.07) is 7.48. The Morgan fingerprint density at radius 1 is 1.32 bits per heavy atom. The Kier molecular flexibility index (Phi) is 3.16. The van der Waals surface area contributed by atoms with Crippen molar-refractivity contribution in [3.8, 4) is 5.69 Å². The number of hydrogen-bond donors (Lipinski definition) is 2. The number of anilines is 1. The predicted molar refractivity (Wildman–Crippen MR) is 72.3 cm³/mol. The summed E-state index contributed by atoms with van der Waals surface area (Å²) in [5.41, 5.74) is 2.76. The van der Waals surface area contributed by atoms with Gasteiger partial charge in [0.1, 0.15) is 12.7 Å². The Bertz CT molecular complexity index is 647. The highest BCUT2D eigenvalue weighted by Crippen LogP contribution is 2.24. The highest BCUT2D eigenvalue weighted by molar-refractivity contribution is 6.31. The average Bonchev–Trinajstić information content (AvgIpc) is 3.10. The van der Waals surface area contributed by atoms with Crippen LogP contribution < -0.4 is 5.32 Å². The molecule has 2 N–H and O–H groups in total. The molecular formula is C12H11ClN6. The average molecular weight is 275 g/mol. The van der Waals surface area contributed by atoms with Crippen molar-refractivity contribution in [3.63, 3.8) is 0 Å². The van der Waals surface area contributed by atoms with E-state index >= 15 is 0 Å². The lowest BCUT2D eigenvalue weighted by Gasteiger charge is -2.11. The third kappa shape index (κ3) is 2.58. The second kappa shape index (κ2) is 5.11. The van der Waals surface area contributed by atoms with Gasteiger partial charge >= 0.3 is 0 Å². The molecule has 0 fully saturated rings. The van der Waals surface area contributed by atoms with Gasteiger partial charge < -0.3 is 5.32 Å². The molecule has 2 heterocycles. The number of nitrogens with one attached hydrogen (secondary N) is 2. The molecule has 0 radical (unpaired) electrons. The van der Waals surface area contributed by atoms with Crippen molar-refractivity contribution in [1.29, 1.82) is 0 Å². The van der Waals surface area contributed by atoms with Crippen molar-refractivity contribution >= 4 is 17.3 Å². The summed E-state index contributed by atoms with van der Waals surface area (Å²) in [5.74, 6) is 0. The predicted octanol–water partition coefficient (Wildman–Crippen LogP) is 2.26. The normalized spacial score (nSPS) is 10.6. The molecule has 0 aliphatic carbocycles. The number of rotatable bonds is 4. The van der Waals surface area contributed by atoms with Gasteiger partial charge in [0.2, 0.25) is 0 Å². The molecule has 3 aromatic rings. The lowest BCUT2D eigenvalue weighted by Crippen LogP contribution is -2.05. The van der Waals surface area contributed by atoms with Gasteiger partial charge in [-0.2, -0.15) is 10.2 Å². The summed E-state index contributed by atoms with van der Waals surface area (Å²) >= 11 is 6.03. The van der Waals surface area contributed by atoms with Crippen molar-refractivity contribution in [2.24, 2.45) is 0 Å². The monoisotopic (exact) mass is 274 g/mol. The Hall–Kier alpha value is -2.34. The smallest absolute Gasteiger partial charge is 0.138 e. The van der Waals surface area contributed by atoms with Crippen LogP contribution in [0.1, 0.15) is 5.69 Å². The fraction of sp³-hybridized carbons (Fsp3) is 0.0833. The summed E-state index contributed by atoms with van der Waals surface area (Å²) in [4.78, 5) is 3.95. The van der Waals surface area contributed by atoms with Crippen LogP contribution in [0.15, 0.2) is 43.1 Å². The Morgan fingerprint density at radius 2 is 2.26 bits per heavy atom. The summed E-state index contributed by atoms with van der Waals surface area (Å²) in [6.45, 7) is 0.627. The molecule has 0 saturated heterocycles. The number of H-pyrrole nitrogens is 1. The van der Waals surface area contributed by atoms with E-state index in [4.69, 9.17) is 11.6 Å². The van der Waals surface area contributed by atoms with E-state index in [1.165, 1.54) is 6.33 Å². The van der Waals surface area contributed by atoms with Crippen LogP contribution in [-0.2, 0) is 6.54 Å². The second-order valence-corrected chi connectivity index (χ2v) is 4.37. The molecule has 0 saturated carbocycles. The molecule has 0 spiro atoms. The maximum atomic E-state index is 6.03. The van der Waals surface area contributed by atoms with Crippen LogP contribution in [0, 0.1) is 0 Å². The van der Waals surface area contributed by atoms with Gasteiger partial charge in [-0.3, -0.25) is 5.10 Å². The highest BCUT2D eigenvalue weighted by atomic mass is 35.5. The fourth-order valence-corrected chi connectivity index (χ4v) is 1.93. The standard InChI is InChI=1S/C12H11ClN6/c13-9-1-2-12(19-8-14-7-17-19)11(5-9)15-6-10-3-4-16-18-10/h1-5,7-8,15H,6H2,(H,16,18). The van der Waals surface area contributed by atoms with E-state index in [9.17, 15) is 0 Å². The molecule has 7 heteroatoms. The van der Waals surface area contributed by atoms with E-state index in [0.29, 0.717) is 11.6 Å². The number of benzene rings is 1. The molecule has 6 nitrogen and oxygen atoms in total. The number of hydrogen-bond acceptors (Lipinski definition) is 4. The molecule has 19 heavy (non-hydrogen) atoms. The van der Waals surface area contributed by atoms with E-state index in [0.717, 1.165) is 17.1 Å². The van der Waals surface area contributed by atoms with Gasteiger partial charge in [0.15, 0.2) is 0 Å². The van der Waals surface area contributed by atoms with Crippen LogP contribution in [0.5, 0.6) is 0 Å². The molecule has 0 amide bonds. The molecule has 0 bridgehead atoms. The van der Waals surface area contributed by atoms with E-state index in [-0.39, 0.29) is 0 Å². The van der Waals surface area contributed by atoms with Crippen LogP contribution in [0.4, 0.5) is 5.69 Å². The van der Waals surface area contributed by atoms with Crippen molar-refractivity contribution < 1.29 is 0 Å². The van der Waals surface area contributed by atoms with Crippen molar-refractivity contribution in [1.82, 2.24) is 25.0 Å². The first kappa shape index (κ1) is 11.7. The number of aromatic amines is 1. The quantitative estimate of drug-likeness (QED) is 0.765. The maximum absolute atomic E-state index is 6.03. The minimum atomic E-state index is 0.627. The van der Waals surface area contributed by atoms with Crippen LogP contribution in [0.2, 0.25) is 5.02 Å². The van der Waals surface area contributed by atoms with E-state index in [1.807, 2.05) is 24.3 Å². The lowest BCUT2D eigenvalue weighted by molar-refractivity contribution is 0.876. The van der Waals surface area contributed by atoms with Gasteiger partial charge in [-0.25, -0.2) is 9.67 Å². The summed E-state index contributed by atoms with van der Waals surface area (Å²) in [6.07, 6.45) is 4.85. The number of halogens is 1. The fourth-order valence-electron chi connectivity index (χ4n) is 1.76. The van der Waals surface area contributed by atoms with Crippen LogP contribution >= 0.6 is 11.6 Å². The summed E-state index contributed by atoms with van der Waals surface area (Å²) in [7, 11) is 0. The van der Waals surface area contributed by atoms with Crippen LogP contribution in [0.3, 0.4) is 0 Å². The largest absolute Gasteiger partial charge is 0.378 e. The maximum Gasteiger partial charge on any atom is 0.138 e. The molecule has 1 aromatic carbocycles. The third-order valence-corrected chi connectivity index (χ3v) is 2.89. The molecule has 0 atom stereocenters.